The molecule has 0 spiro atoms. The molecule has 0 aliphatic heterocycles. The molecule has 0 unspecified atom stereocenters. The minimum absolute atomic E-state index is 0.408. The van der Waals surface area contributed by atoms with E-state index in [0.717, 1.165) is 12.1 Å². The van der Waals surface area contributed by atoms with Crippen LogP contribution in [-0.4, -0.2) is 22.8 Å². The summed E-state index contributed by atoms with van der Waals surface area (Å²) in [6, 6.07) is 1.45. The predicted octanol–water partition coefficient (Wildman–Crippen LogP) is 1.27. The molecule has 0 radical (unpaired) electrons. The van der Waals surface area contributed by atoms with Crippen LogP contribution in [0.3, 0.4) is 0 Å². The zero-order chi connectivity index (χ0) is 11.4. The maximum absolute atomic E-state index is 13.0. The molecule has 82 valence electrons. The second-order valence-corrected chi connectivity index (χ2v) is 2.77. The van der Waals surface area contributed by atoms with Gasteiger partial charge in [0.25, 0.3) is 0 Å². The topological polar surface area (TPSA) is 66.8 Å². The summed E-state index contributed by atoms with van der Waals surface area (Å²) in [4.78, 5) is 10.1. The van der Waals surface area contributed by atoms with Crippen molar-refractivity contribution in [3.8, 4) is 5.75 Å². The van der Waals surface area contributed by atoms with E-state index in [1.807, 2.05) is 0 Å². The Morgan fingerprint density at radius 1 is 1.33 bits per heavy atom. The van der Waals surface area contributed by atoms with Crippen LogP contribution in [0.2, 0.25) is 0 Å². The van der Waals surface area contributed by atoms with Crippen molar-refractivity contribution in [1.29, 1.82) is 0 Å². The number of benzene rings is 1. The molecule has 0 atom stereocenters. The number of carboxylic acids is 1. The van der Waals surface area contributed by atoms with Crippen LogP contribution in [0, 0.1) is 11.6 Å². The molecule has 0 bridgehead atoms. The van der Waals surface area contributed by atoms with E-state index in [1.54, 1.807) is 0 Å². The lowest BCUT2D eigenvalue weighted by atomic mass is 10.2. The number of phenolic OH excluding ortho intramolecular Hbond substituents is 1. The van der Waals surface area contributed by atoms with E-state index < -0.39 is 42.1 Å². The number of aliphatic carboxylic acids is 1. The third-order valence-corrected chi connectivity index (χ3v) is 1.60. The summed E-state index contributed by atoms with van der Waals surface area (Å²) >= 11 is 0. The lowest BCUT2D eigenvalue weighted by Gasteiger charge is -2.05. The Morgan fingerprint density at radius 3 is 2.33 bits per heavy atom. The quantitative estimate of drug-likeness (QED) is 0.798. The lowest BCUT2D eigenvalue weighted by Crippen LogP contribution is -2.08. The summed E-state index contributed by atoms with van der Waals surface area (Å²) in [5.74, 6) is -3.71. The summed E-state index contributed by atoms with van der Waals surface area (Å²) < 4.78 is 30.5. The largest absolute Gasteiger partial charge is 0.508 e. The first kappa shape index (κ1) is 11.4. The van der Waals surface area contributed by atoms with Gasteiger partial charge in [-0.15, -0.1) is 0 Å². The van der Waals surface area contributed by atoms with Gasteiger partial charge in [0.1, 0.15) is 24.0 Å². The predicted molar refractivity (Wildman–Crippen MR) is 45.3 cm³/mol. The van der Waals surface area contributed by atoms with E-state index in [2.05, 4.69) is 4.74 Å². The summed E-state index contributed by atoms with van der Waals surface area (Å²) in [5, 5.41) is 17.0. The smallest absolute Gasteiger partial charge is 0.329 e. The second kappa shape index (κ2) is 4.70. The van der Waals surface area contributed by atoms with Crippen molar-refractivity contribution in [3.05, 3.63) is 29.3 Å². The standard InChI is InChI=1S/C9H8F2O4/c10-7-1-5(12)2-8(11)6(7)3-15-4-9(13)14/h1-2,12H,3-4H2,(H,13,14). The summed E-state index contributed by atoms with van der Waals surface area (Å²) in [6.07, 6.45) is 0. The van der Waals surface area contributed by atoms with Crippen molar-refractivity contribution in [2.24, 2.45) is 0 Å². The van der Waals surface area contributed by atoms with Crippen LogP contribution in [0.5, 0.6) is 5.75 Å². The molecule has 0 amide bonds. The van der Waals surface area contributed by atoms with Gasteiger partial charge in [-0.25, -0.2) is 13.6 Å². The Kier molecular flexibility index (Phi) is 3.56. The van der Waals surface area contributed by atoms with Crippen molar-refractivity contribution < 1.29 is 28.5 Å². The van der Waals surface area contributed by atoms with Crippen LogP contribution >= 0.6 is 0 Å². The number of hydrogen-bond acceptors (Lipinski definition) is 3. The molecule has 1 aromatic rings. The van der Waals surface area contributed by atoms with E-state index in [9.17, 15) is 13.6 Å². The summed E-state index contributed by atoms with van der Waals surface area (Å²) in [7, 11) is 0. The molecule has 6 heteroatoms. The Labute approximate surface area is 83.7 Å². The van der Waals surface area contributed by atoms with E-state index in [1.165, 1.54) is 0 Å². The molecule has 2 N–H and O–H groups in total. The van der Waals surface area contributed by atoms with E-state index in [0.29, 0.717) is 0 Å². The fraction of sp³-hybridized carbons (Fsp3) is 0.222. The maximum atomic E-state index is 13.0. The molecule has 0 saturated carbocycles. The average Bonchev–Trinajstić information content (AvgIpc) is 2.08. The second-order valence-electron chi connectivity index (χ2n) is 2.77. The molecular formula is C9H8F2O4. The first-order valence-corrected chi connectivity index (χ1v) is 3.97. The first-order chi connectivity index (χ1) is 7.00. The molecule has 1 rings (SSSR count). The number of ether oxygens (including phenoxy) is 1. The van der Waals surface area contributed by atoms with E-state index in [4.69, 9.17) is 10.2 Å². The molecule has 0 fully saturated rings. The molecule has 15 heavy (non-hydrogen) atoms. The van der Waals surface area contributed by atoms with Crippen LogP contribution in [0.1, 0.15) is 5.56 Å². The number of halogens is 2. The fourth-order valence-corrected chi connectivity index (χ4v) is 0.968. The average molecular weight is 218 g/mol. The molecule has 0 aromatic heterocycles. The van der Waals surface area contributed by atoms with Crippen molar-refractivity contribution >= 4 is 5.97 Å². The zero-order valence-corrected chi connectivity index (χ0v) is 7.54. The number of carboxylic acid groups (broad SMARTS) is 1. The highest BCUT2D eigenvalue weighted by atomic mass is 19.1. The van der Waals surface area contributed by atoms with Gasteiger partial charge < -0.3 is 14.9 Å². The highest BCUT2D eigenvalue weighted by molar-refractivity contribution is 5.67. The Hall–Kier alpha value is -1.69. The third-order valence-electron chi connectivity index (χ3n) is 1.60. The number of aromatic hydroxyl groups is 1. The molecule has 1 aromatic carbocycles. The van der Waals surface area contributed by atoms with Gasteiger partial charge in [-0.2, -0.15) is 0 Å². The Balaban J connectivity index is 2.72. The summed E-state index contributed by atoms with van der Waals surface area (Å²) in [5.41, 5.74) is -0.408. The number of hydrogen-bond donors (Lipinski definition) is 2. The molecule has 0 saturated heterocycles. The van der Waals surface area contributed by atoms with Gasteiger partial charge in [0.15, 0.2) is 0 Å². The van der Waals surface area contributed by atoms with Gasteiger partial charge in [-0.1, -0.05) is 0 Å². The highest BCUT2D eigenvalue weighted by Crippen LogP contribution is 2.19. The van der Waals surface area contributed by atoms with Crippen LogP contribution < -0.4 is 0 Å². The Bertz CT molecular complexity index is 355. The van der Waals surface area contributed by atoms with Gasteiger partial charge in [0.05, 0.1) is 6.61 Å². The van der Waals surface area contributed by atoms with Crippen LogP contribution in [0.15, 0.2) is 12.1 Å². The van der Waals surface area contributed by atoms with Gasteiger partial charge >= 0.3 is 5.97 Å². The number of carbonyl (C=O) groups is 1. The highest BCUT2D eigenvalue weighted by Gasteiger charge is 2.11. The van der Waals surface area contributed by atoms with Crippen molar-refractivity contribution in [2.75, 3.05) is 6.61 Å². The number of phenols is 1. The van der Waals surface area contributed by atoms with Crippen LogP contribution in [0.4, 0.5) is 8.78 Å². The normalized spacial score (nSPS) is 10.3. The fourth-order valence-electron chi connectivity index (χ4n) is 0.968. The van der Waals surface area contributed by atoms with E-state index >= 15 is 0 Å². The Morgan fingerprint density at radius 2 is 1.87 bits per heavy atom. The van der Waals surface area contributed by atoms with Gasteiger partial charge in [0, 0.05) is 17.7 Å². The third kappa shape index (κ3) is 3.17. The minimum atomic E-state index is -1.23. The van der Waals surface area contributed by atoms with E-state index in [-0.39, 0.29) is 0 Å². The van der Waals surface area contributed by atoms with Crippen molar-refractivity contribution in [1.82, 2.24) is 0 Å². The van der Waals surface area contributed by atoms with Crippen LogP contribution in [-0.2, 0) is 16.1 Å². The molecular weight excluding hydrogens is 210 g/mol. The molecule has 0 heterocycles. The first-order valence-electron chi connectivity index (χ1n) is 3.97. The maximum Gasteiger partial charge on any atom is 0.329 e. The van der Waals surface area contributed by atoms with Crippen molar-refractivity contribution in [2.45, 2.75) is 6.61 Å². The minimum Gasteiger partial charge on any atom is -0.508 e. The molecule has 0 aliphatic rings. The molecule has 0 aliphatic carbocycles. The van der Waals surface area contributed by atoms with Crippen LogP contribution in [0.25, 0.3) is 0 Å². The monoisotopic (exact) mass is 218 g/mol. The van der Waals surface area contributed by atoms with Gasteiger partial charge in [-0.05, 0) is 0 Å². The van der Waals surface area contributed by atoms with Crippen molar-refractivity contribution in [3.63, 3.8) is 0 Å². The lowest BCUT2D eigenvalue weighted by molar-refractivity contribution is -0.142. The van der Waals surface area contributed by atoms with Gasteiger partial charge in [0.2, 0.25) is 0 Å². The molecule has 4 nitrogen and oxygen atoms in total. The summed E-state index contributed by atoms with van der Waals surface area (Å²) in [6.45, 7) is -1.13. The SMILES string of the molecule is O=C(O)COCc1c(F)cc(O)cc1F. The van der Waals surface area contributed by atoms with Gasteiger partial charge in [-0.3, -0.25) is 0 Å². The number of rotatable bonds is 4. The zero-order valence-electron chi connectivity index (χ0n) is 7.54.